The highest BCUT2D eigenvalue weighted by molar-refractivity contribution is 5.91. The summed E-state index contributed by atoms with van der Waals surface area (Å²) in [7, 11) is 0. The molecule has 31 heavy (non-hydrogen) atoms. The summed E-state index contributed by atoms with van der Waals surface area (Å²) in [5.41, 5.74) is 4.78. The number of hydrogen-bond acceptors (Lipinski definition) is 6. The van der Waals surface area contributed by atoms with Gasteiger partial charge in [0.25, 0.3) is 0 Å². The molecular formula is C23H35N5O3. The molecule has 2 unspecified atom stereocenters. The molecule has 8 nitrogen and oxygen atoms in total. The number of pyridine rings is 1. The van der Waals surface area contributed by atoms with Gasteiger partial charge in [0.1, 0.15) is 0 Å². The molecule has 0 aliphatic carbocycles. The van der Waals surface area contributed by atoms with Crippen molar-refractivity contribution in [2.24, 2.45) is 11.8 Å². The van der Waals surface area contributed by atoms with Crippen LogP contribution < -0.4 is 10.6 Å². The summed E-state index contributed by atoms with van der Waals surface area (Å²) in [6.07, 6.45) is 4.60. The van der Waals surface area contributed by atoms with Crippen LogP contribution in [-0.2, 0) is 29.0 Å². The van der Waals surface area contributed by atoms with Crippen LogP contribution in [0.15, 0.2) is 18.5 Å². The van der Waals surface area contributed by atoms with E-state index in [9.17, 15) is 9.90 Å². The lowest BCUT2D eigenvalue weighted by Gasteiger charge is -2.27. The first kappa shape index (κ1) is 23.1. The summed E-state index contributed by atoms with van der Waals surface area (Å²) in [6, 6.07) is 0.335. The van der Waals surface area contributed by atoms with Gasteiger partial charge in [0.2, 0.25) is 0 Å². The fourth-order valence-corrected chi connectivity index (χ4v) is 3.98. The van der Waals surface area contributed by atoms with E-state index in [1.54, 1.807) is 6.92 Å². The van der Waals surface area contributed by atoms with Gasteiger partial charge in [0.15, 0.2) is 5.65 Å². The maximum atomic E-state index is 11.4. The number of hydrogen-bond donors (Lipinski definition) is 3. The second-order valence-corrected chi connectivity index (χ2v) is 8.29. The van der Waals surface area contributed by atoms with Gasteiger partial charge in [-0.3, -0.25) is 4.79 Å². The third-order valence-corrected chi connectivity index (χ3v) is 6.36. The summed E-state index contributed by atoms with van der Waals surface area (Å²) in [4.78, 5) is 16.3. The van der Waals surface area contributed by atoms with Crippen molar-refractivity contribution in [2.45, 2.75) is 66.1 Å². The average Bonchev–Trinajstić information content (AvgIpc) is 3.20. The molecule has 2 aromatic heterocycles. The predicted molar refractivity (Wildman–Crippen MR) is 122 cm³/mol. The van der Waals surface area contributed by atoms with Crippen molar-refractivity contribution < 1.29 is 14.6 Å². The van der Waals surface area contributed by atoms with E-state index in [2.05, 4.69) is 36.2 Å². The molecule has 1 aliphatic heterocycles. The van der Waals surface area contributed by atoms with Crippen LogP contribution in [0.5, 0.6) is 0 Å². The molecule has 3 N–H and O–H groups in total. The Hall–Kier alpha value is -2.61. The molecule has 0 saturated carbocycles. The third-order valence-electron chi connectivity index (χ3n) is 6.36. The van der Waals surface area contributed by atoms with Crippen molar-refractivity contribution in [3.8, 4) is 0 Å². The number of carbonyl (C=O) groups is 1. The second kappa shape index (κ2) is 10.1. The molecule has 170 valence electrons. The minimum atomic E-state index is -0.818. The molecule has 1 fully saturated rings. The van der Waals surface area contributed by atoms with Crippen molar-refractivity contribution in [1.82, 2.24) is 20.1 Å². The summed E-state index contributed by atoms with van der Waals surface area (Å²) < 4.78 is 7.45. The minimum absolute atomic E-state index is 0.186. The van der Waals surface area contributed by atoms with Crippen LogP contribution in [0.1, 0.15) is 51.8 Å². The number of carboxylic acid groups (broad SMARTS) is 1. The highest BCUT2D eigenvalue weighted by atomic mass is 16.5. The van der Waals surface area contributed by atoms with Crippen LogP contribution in [0, 0.1) is 11.8 Å². The quantitative estimate of drug-likeness (QED) is 0.531. The lowest BCUT2D eigenvalue weighted by molar-refractivity contribution is -0.142. The van der Waals surface area contributed by atoms with Crippen LogP contribution in [0.3, 0.4) is 0 Å². The lowest BCUT2D eigenvalue weighted by Crippen LogP contribution is -2.30. The smallest absolute Gasteiger partial charge is 0.306 e. The molecule has 1 aliphatic rings. The zero-order chi connectivity index (χ0) is 22.5. The first-order valence-electron chi connectivity index (χ1n) is 11.2. The lowest BCUT2D eigenvalue weighted by atomic mass is 9.93. The number of carboxylic acids is 1. The van der Waals surface area contributed by atoms with E-state index in [4.69, 9.17) is 9.72 Å². The van der Waals surface area contributed by atoms with Crippen molar-refractivity contribution in [2.75, 3.05) is 18.5 Å². The minimum Gasteiger partial charge on any atom is -0.481 e. The van der Waals surface area contributed by atoms with E-state index in [0.717, 1.165) is 72.7 Å². The van der Waals surface area contributed by atoms with Gasteiger partial charge < -0.3 is 20.5 Å². The fourth-order valence-electron chi connectivity index (χ4n) is 3.98. The standard InChI is InChI=1S/C23H35N5O3/c1-6-20-18(12-24-16(5)14(3)15(4)23(29)30)21(26-17-8-10-31-11-9-17)19-13-25-28(7-2)22(19)27-20/h13-15,17,24H,5-12H2,1-4H3,(H,26,27)(H,29,30). The van der Waals surface area contributed by atoms with Gasteiger partial charge in [-0.05, 0) is 26.2 Å². The largest absolute Gasteiger partial charge is 0.481 e. The third kappa shape index (κ3) is 5.01. The molecule has 1 saturated heterocycles. The SMILES string of the molecule is C=C(NCc1c(CC)nc2c(cnn2CC)c1NC1CCOCC1)C(C)C(C)C(=O)O. The Morgan fingerprint density at radius 3 is 2.65 bits per heavy atom. The van der Waals surface area contributed by atoms with Crippen LogP contribution >= 0.6 is 0 Å². The average molecular weight is 430 g/mol. The fraction of sp³-hybridized carbons (Fsp3) is 0.609. The van der Waals surface area contributed by atoms with Crippen molar-refractivity contribution in [3.63, 3.8) is 0 Å². The Kier molecular flexibility index (Phi) is 7.54. The highest BCUT2D eigenvalue weighted by Gasteiger charge is 2.24. The van der Waals surface area contributed by atoms with E-state index in [0.29, 0.717) is 12.6 Å². The molecule has 0 radical (unpaired) electrons. The predicted octanol–water partition coefficient (Wildman–Crippen LogP) is 3.56. The van der Waals surface area contributed by atoms with Crippen LogP contribution in [-0.4, -0.2) is 45.1 Å². The molecule has 0 amide bonds. The van der Waals surface area contributed by atoms with E-state index < -0.39 is 11.9 Å². The van der Waals surface area contributed by atoms with Gasteiger partial charge in [0.05, 0.1) is 23.2 Å². The molecule has 8 heteroatoms. The van der Waals surface area contributed by atoms with E-state index in [-0.39, 0.29) is 5.92 Å². The van der Waals surface area contributed by atoms with Crippen LogP contribution in [0.2, 0.25) is 0 Å². The normalized spacial score (nSPS) is 16.8. The molecule has 0 spiro atoms. The van der Waals surface area contributed by atoms with Crippen LogP contribution in [0.4, 0.5) is 5.69 Å². The monoisotopic (exact) mass is 429 g/mol. The number of aryl methyl sites for hydroxylation is 2. The number of anilines is 1. The van der Waals surface area contributed by atoms with Gasteiger partial charge in [-0.15, -0.1) is 0 Å². The Morgan fingerprint density at radius 2 is 2.03 bits per heavy atom. The Balaban J connectivity index is 1.95. The zero-order valence-corrected chi connectivity index (χ0v) is 19.1. The van der Waals surface area contributed by atoms with E-state index in [1.807, 2.05) is 17.8 Å². The zero-order valence-electron chi connectivity index (χ0n) is 19.1. The van der Waals surface area contributed by atoms with Gasteiger partial charge >= 0.3 is 5.97 Å². The topological polar surface area (TPSA) is 101 Å². The molecule has 2 aromatic rings. The molecule has 0 aromatic carbocycles. The number of fused-ring (bicyclic) bond motifs is 1. The Morgan fingerprint density at radius 1 is 1.32 bits per heavy atom. The molecule has 0 bridgehead atoms. The highest BCUT2D eigenvalue weighted by Crippen LogP contribution is 2.31. The van der Waals surface area contributed by atoms with Crippen LogP contribution in [0.25, 0.3) is 11.0 Å². The summed E-state index contributed by atoms with van der Waals surface area (Å²) in [6.45, 7) is 14.7. The number of nitrogens with zero attached hydrogens (tertiary/aromatic N) is 3. The van der Waals surface area contributed by atoms with Crippen molar-refractivity contribution in [3.05, 3.63) is 29.7 Å². The Labute approximate surface area is 184 Å². The molecular weight excluding hydrogens is 394 g/mol. The molecule has 2 atom stereocenters. The summed E-state index contributed by atoms with van der Waals surface area (Å²) in [5, 5.41) is 22.0. The van der Waals surface area contributed by atoms with Crippen molar-refractivity contribution >= 4 is 22.7 Å². The van der Waals surface area contributed by atoms with E-state index >= 15 is 0 Å². The van der Waals surface area contributed by atoms with Gasteiger partial charge in [0, 0.05) is 55.2 Å². The number of aliphatic carboxylic acids is 1. The van der Waals surface area contributed by atoms with Gasteiger partial charge in [-0.2, -0.15) is 5.10 Å². The molecule has 3 rings (SSSR count). The second-order valence-electron chi connectivity index (χ2n) is 8.29. The van der Waals surface area contributed by atoms with Gasteiger partial charge in [-0.25, -0.2) is 9.67 Å². The maximum Gasteiger partial charge on any atom is 0.306 e. The number of rotatable bonds is 10. The first-order chi connectivity index (χ1) is 14.9. The number of nitrogens with one attached hydrogen (secondary N) is 2. The Bertz CT molecular complexity index is 933. The number of ether oxygens (including phenoxy) is 1. The molecule has 3 heterocycles. The number of allylic oxidation sites excluding steroid dienone is 1. The summed E-state index contributed by atoms with van der Waals surface area (Å²) in [5.74, 6) is -1.51. The first-order valence-corrected chi connectivity index (χ1v) is 11.2. The summed E-state index contributed by atoms with van der Waals surface area (Å²) >= 11 is 0. The maximum absolute atomic E-state index is 11.4. The van der Waals surface area contributed by atoms with E-state index in [1.165, 1.54) is 0 Å². The van der Waals surface area contributed by atoms with Crippen molar-refractivity contribution in [1.29, 1.82) is 0 Å². The number of aromatic nitrogens is 3. The van der Waals surface area contributed by atoms with Gasteiger partial charge in [-0.1, -0.05) is 27.4 Å².